The first-order chi connectivity index (χ1) is 16.4. The number of aliphatic hydroxyl groups excluding tert-OH is 1. The number of hydrogen-bond acceptors (Lipinski definition) is 5. The lowest BCUT2D eigenvalue weighted by Gasteiger charge is -2.17. The first-order valence-corrected chi connectivity index (χ1v) is 11.7. The van der Waals surface area contributed by atoms with Crippen LogP contribution in [-0.2, 0) is 14.3 Å². The number of ether oxygens (including phenoxy) is 1. The Labute approximate surface area is 198 Å². The second kappa shape index (κ2) is 10.7. The summed E-state index contributed by atoms with van der Waals surface area (Å²) in [4.78, 5) is 35.2. The minimum Gasteiger partial charge on any atom is -0.479 e. The Hall–Kier alpha value is -3.39. The third-order valence-electron chi connectivity index (χ3n) is 6.71. The van der Waals surface area contributed by atoms with Gasteiger partial charge in [-0.15, -0.1) is 0 Å². The van der Waals surface area contributed by atoms with Gasteiger partial charge in [0.15, 0.2) is 6.10 Å². The van der Waals surface area contributed by atoms with Gasteiger partial charge >= 0.3 is 12.1 Å². The lowest BCUT2D eigenvalue weighted by atomic mass is 9.98. The Morgan fingerprint density at radius 3 is 2.29 bits per heavy atom. The second-order valence-corrected chi connectivity index (χ2v) is 9.04. The molecule has 0 spiro atoms. The van der Waals surface area contributed by atoms with E-state index in [0.717, 1.165) is 12.8 Å². The zero-order chi connectivity index (χ0) is 24.1. The van der Waals surface area contributed by atoms with Crippen LogP contribution in [0.15, 0.2) is 48.5 Å². The highest BCUT2D eigenvalue weighted by Crippen LogP contribution is 2.44. The monoisotopic (exact) mass is 466 g/mol. The summed E-state index contributed by atoms with van der Waals surface area (Å²) in [7, 11) is 0. The maximum atomic E-state index is 12.5. The molecule has 2 aliphatic rings. The third kappa shape index (κ3) is 5.56. The zero-order valence-electron chi connectivity index (χ0n) is 18.9. The van der Waals surface area contributed by atoms with Crippen molar-refractivity contribution in [1.82, 2.24) is 10.6 Å². The molecule has 0 radical (unpaired) electrons. The Kier molecular flexibility index (Phi) is 7.47. The highest BCUT2D eigenvalue weighted by Gasteiger charge is 2.31. The van der Waals surface area contributed by atoms with E-state index >= 15 is 0 Å². The molecule has 2 aliphatic carbocycles. The van der Waals surface area contributed by atoms with E-state index in [9.17, 15) is 19.5 Å². The van der Waals surface area contributed by atoms with Gasteiger partial charge in [-0.2, -0.15) is 0 Å². The summed E-state index contributed by atoms with van der Waals surface area (Å²) in [5.74, 6) is -1.32. The van der Waals surface area contributed by atoms with Crippen LogP contribution in [0.5, 0.6) is 0 Å². The zero-order valence-corrected chi connectivity index (χ0v) is 18.9. The predicted molar refractivity (Wildman–Crippen MR) is 125 cm³/mol. The first kappa shape index (κ1) is 23.8. The van der Waals surface area contributed by atoms with E-state index in [1.807, 2.05) is 24.3 Å². The molecular formula is C26H30N2O6. The first-order valence-electron chi connectivity index (χ1n) is 11.7. The van der Waals surface area contributed by atoms with Gasteiger partial charge in [0.2, 0.25) is 5.91 Å². The highest BCUT2D eigenvalue weighted by molar-refractivity contribution is 5.79. The van der Waals surface area contributed by atoms with Crippen LogP contribution in [0.2, 0.25) is 0 Å². The minimum atomic E-state index is -1.47. The van der Waals surface area contributed by atoms with Crippen LogP contribution in [0.4, 0.5) is 4.79 Å². The fraction of sp³-hybridized carbons (Fsp3) is 0.423. The summed E-state index contributed by atoms with van der Waals surface area (Å²) in [5, 5.41) is 23.5. The second-order valence-electron chi connectivity index (χ2n) is 9.04. The van der Waals surface area contributed by atoms with E-state index in [1.165, 1.54) is 22.3 Å². The number of amides is 2. The van der Waals surface area contributed by atoms with Crippen LogP contribution in [0.1, 0.15) is 49.1 Å². The molecule has 8 nitrogen and oxygen atoms in total. The fourth-order valence-electron chi connectivity index (χ4n) is 5.00. The number of carbonyl (C=O) groups is 3. The molecule has 0 bridgehead atoms. The number of rotatable bonds is 9. The third-order valence-corrected chi connectivity index (χ3v) is 6.71. The number of benzene rings is 2. The van der Waals surface area contributed by atoms with Gasteiger partial charge in [0.05, 0.1) is 0 Å². The number of nitrogens with one attached hydrogen (secondary N) is 2. The van der Waals surface area contributed by atoms with Crippen molar-refractivity contribution in [1.29, 1.82) is 0 Å². The largest absolute Gasteiger partial charge is 0.479 e. The summed E-state index contributed by atoms with van der Waals surface area (Å²) < 4.78 is 5.61. The lowest BCUT2D eigenvalue weighted by molar-refractivity contribution is -0.147. The van der Waals surface area contributed by atoms with Crippen molar-refractivity contribution in [2.45, 2.75) is 50.2 Å². The van der Waals surface area contributed by atoms with Crippen molar-refractivity contribution in [3.05, 3.63) is 59.7 Å². The number of carboxylic acid groups (broad SMARTS) is 1. The Morgan fingerprint density at radius 2 is 1.65 bits per heavy atom. The van der Waals surface area contributed by atoms with Crippen LogP contribution in [0.25, 0.3) is 11.1 Å². The summed E-state index contributed by atoms with van der Waals surface area (Å²) >= 11 is 0. The molecule has 0 aliphatic heterocycles. The number of fused-ring (bicyclic) bond motifs is 3. The SMILES string of the molecule is O=C(C[C@@H]1CC[C@H](NC(=O)OCC2c3ccccc3-c3ccccc32)C1)NCCC(O)C(=O)O. The fourth-order valence-corrected chi connectivity index (χ4v) is 5.00. The van der Waals surface area contributed by atoms with Gasteiger partial charge in [-0.25, -0.2) is 9.59 Å². The summed E-state index contributed by atoms with van der Waals surface area (Å²) in [5.41, 5.74) is 4.70. The molecule has 1 unspecified atom stereocenters. The molecule has 34 heavy (non-hydrogen) atoms. The molecule has 8 heteroatoms. The summed E-state index contributed by atoms with van der Waals surface area (Å²) in [6.45, 7) is 0.376. The van der Waals surface area contributed by atoms with E-state index in [-0.39, 0.29) is 43.4 Å². The predicted octanol–water partition coefficient (Wildman–Crippen LogP) is 3.04. The van der Waals surface area contributed by atoms with Gasteiger partial charge in [0.1, 0.15) is 6.61 Å². The molecule has 2 aromatic carbocycles. The van der Waals surface area contributed by atoms with Gasteiger partial charge < -0.3 is 25.6 Å². The molecule has 0 saturated heterocycles. The Balaban J connectivity index is 1.21. The Morgan fingerprint density at radius 1 is 1.00 bits per heavy atom. The van der Waals surface area contributed by atoms with Crippen molar-refractivity contribution in [2.75, 3.05) is 13.2 Å². The Bertz CT molecular complexity index is 1010. The number of hydrogen-bond donors (Lipinski definition) is 4. The molecule has 4 N–H and O–H groups in total. The maximum Gasteiger partial charge on any atom is 0.407 e. The molecule has 0 heterocycles. The highest BCUT2D eigenvalue weighted by atomic mass is 16.5. The van der Waals surface area contributed by atoms with Crippen LogP contribution in [-0.4, -0.2) is 53.5 Å². The van der Waals surface area contributed by atoms with Crippen molar-refractivity contribution >= 4 is 18.0 Å². The van der Waals surface area contributed by atoms with E-state index in [1.54, 1.807) is 0 Å². The number of carboxylic acids is 1. The van der Waals surface area contributed by atoms with Crippen LogP contribution >= 0.6 is 0 Å². The molecule has 0 aromatic heterocycles. The number of aliphatic hydroxyl groups is 1. The van der Waals surface area contributed by atoms with Gasteiger partial charge in [-0.05, 0) is 47.4 Å². The molecule has 180 valence electrons. The molecule has 1 saturated carbocycles. The van der Waals surface area contributed by atoms with Crippen molar-refractivity contribution in [3.63, 3.8) is 0 Å². The summed E-state index contributed by atoms with van der Waals surface area (Å²) in [6.07, 6.45) is 0.649. The van der Waals surface area contributed by atoms with E-state index in [4.69, 9.17) is 9.84 Å². The number of alkyl carbamates (subject to hydrolysis) is 1. The van der Waals surface area contributed by atoms with Crippen molar-refractivity contribution in [3.8, 4) is 11.1 Å². The van der Waals surface area contributed by atoms with Gasteiger partial charge in [0, 0.05) is 31.3 Å². The maximum absolute atomic E-state index is 12.5. The van der Waals surface area contributed by atoms with Gasteiger partial charge in [0.25, 0.3) is 0 Å². The molecule has 2 amide bonds. The average molecular weight is 467 g/mol. The van der Waals surface area contributed by atoms with Crippen molar-refractivity contribution < 1.29 is 29.3 Å². The quantitative estimate of drug-likeness (QED) is 0.450. The van der Waals surface area contributed by atoms with E-state index < -0.39 is 18.2 Å². The van der Waals surface area contributed by atoms with Crippen LogP contribution in [0.3, 0.4) is 0 Å². The van der Waals surface area contributed by atoms with Crippen LogP contribution in [0, 0.1) is 5.92 Å². The summed E-state index contributed by atoms with van der Waals surface area (Å²) in [6, 6.07) is 16.3. The molecular weight excluding hydrogens is 436 g/mol. The van der Waals surface area contributed by atoms with Crippen LogP contribution < -0.4 is 10.6 Å². The topological polar surface area (TPSA) is 125 Å². The van der Waals surface area contributed by atoms with E-state index in [0.29, 0.717) is 12.8 Å². The lowest BCUT2D eigenvalue weighted by Crippen LogP contribution is -2.34. The van der Waals surface area contributed by atoms with Gasteiger partial charge in [-0.3, -0.25) is 4.79 Å². The number of carbonyl (C=O) groups excluding carboxylic acids is 2. The van der Waals surface area contributed by atoms with Gasteiger partial charge in [-0.1, -0.05) is 48.5 Å². The average Bonchev–Trinajstić information content (AvgIpc) is 3.39. The molecule has 3 atom stereocenters. The minimum absolute atomic E-state index is 0.0119. The number of aliphatic carboxylic acids is 1. The smallest absolute Gasteiger partial charge is 0.407 e. The normalized spacial score (nSPS) is 19.7. The van der Waals surface area contributed by atoms with Crippen molar-refractivity contribution in [2.24, 2.45) is 5.92 Å². The molecule has 4 rings (SSSR count). The molecule has 2 aromatic rings. The van der Waals surface area contributed by atoms with E-state index in [2.05, 4.69) is 34.9 Å². The standard InChI is InChI=1S/C26H30N2O6/c29-23(25(31)32)11-12-27-24(30)14-16-9-10-17(13-16)28-26(33)34-15-22-20-7-3-1-5-18(20)19-6-2-4-8-21(19)22/h1-8,16-17,22-23,29H,9-15H2,(H,27,30)(H,28,33)(H,31,32)/t16-,17+,23?/m1/s1. The molecule has 1 fully saturated rings.